The number of ether oxygens (including phenoxy) is 1. The van der Waals surface area contributed by atoms with Crippen LogP contribution in [0, 0.1) is 0 Å². The van der Waals surface area contributed by atoms with Gasteiger partial charge >= 0.3 is 5.97 Å². The smallest absolute Gasteiger partial charge is 0.310 e. The van der Waals surface area contributed by atoms with E-state index in [9.17, 15) is 4.79 Å². The van der Waals surface area contributed by atoms with Gasteiger partial charge in [-0.25, -0.2) is 0 Å². The summed E-state index contributed by atoms with van der Waals surface area (Å²) in [6, 6.07) is 11.1. The molecule has 0 amide bonds. The second-order valence-corrected chi connectivity index (χ2v) is 6.42. The number of benzene rings is 2. The molecule has 0 N–H and O–H groups in total. The van der Waals surface area contributed by atoms with Crippen LogP contribution in [0.1, 0.15) is 45.1 Å². The van der Waals surface area contributed by atoms with E-state index < -0.39 is 0 Å². The number of aromatic nitrogens is 3. The summed E-state index contributed by atoms with van der Waals surface area (Å²) in [5.74, 6) is 0.539. The minimum absolute atomic E-state index is 0.294. The normalized spacial score (nSPS) is 12.3. The van der Waals surface area contributed by atoms with Crippen molar-refractivity contribution in [2.45, 2.75) is 39.5 Å². The quantitative estimate of drug-likeness (QED) is 0.481. The minimum Gasteiger partial charge on any atom is -0.424 e. The first-order valence-electron chi connectivity index (χ1n) is 8.39. The fourth-order valence-electron chi connectivity index (χ4n) is 2.51. The number of halogens is 1. The van der Waals surface area contributed by atoms with Gasteiger partial charge in [-0.05, 0) is 48.2 Å². The number of nitrogens with zero attached hydrogens (tertiary/aromatic N) is 3. The second-order valence-electron chi connectivity index (χ2n) is 5.99. The van der Waals surface area contributed by atoms with Gasteiger partial charge in [0.25, 0.3) is 0 Å². The molecule has 3 aromatic rings. The van der Waals surface area contributed by atoms with Crippen LogP contribution in [-0.4, -0.2) is 21.0 Å². The highest BCUT2D eigenvalue weighted by molar-refractivity contribution is 6.31. The molecule has 0 radical (unpaired) electrons. The van der Waals surface area contributed by atoms with E-state index in [0.29, 0.717) is 34.3 Å². The van der Waals surface area contributed by atoms with Gasteiger partial charge in [0.1, 0.15) is 16.7 Å². The van der Waals surface area contributed by atoms with Crippen molar-refractivity contribution in [3.05, 3.63) is 47.0 Å². The highest BCUT2D eigenvalue weighted by Gasteiger charge is 2.16. The molecule has 2 aromatic carbocycles. The maximum atomic E-state index is 11.8. The molecule has 6 heteroatoms. The van der Waals surface area contributed by atoms with Crippen molar-refractivity contribution in [3.8, 4) is 11.4 Å². The van der Waals surface area contributed by atoms with Gasteiger partial charge in [0.15, 0.2) is 5.75 Å². The Kier molecular flexibility index (Phi) is 5.04. The largest absolute Gasteiger partial charge is 0.424 e. The van der Waals surface area contributed by atoms with Crippen molar-refractivity contribution >= 4 is 28.6 Å². The molecule has 1 unspecified atom stereocenters. The van der Waals surface area contributed by atoms with E-state index in [1.54, 1.807) is 19.1 Å². The molecule has 0 spiro atoms. The molecular formula is C19H20ClN3O2. The molecule has 3 rings (SSSR count). The van der Waals surface area contributed by atoms with E-state index in [2.05, 4.69) is 24.0 Å². The molecule has 0 saturated carbocycles. The van der Waals surface area contributed by atoms with Crippen molar-refractivity contribution in [1.82, 2.24) is 15.0 Å². The van der Waals surface area contributed by atoms with Crippen molar-refractivity contribution in [1.29, 1.82) is 0 Å². The molecule has 0 aliphatic rings. The van der Waals surface area contributed by atoms with Crippen LogP contribution in [0.25, 0.3) is 16.7 Å². The van der Waals surface area contributed by atoms with Crippen molar-refractivity contribution in [2.24, 2.45) is 0 Å². The highest BCUT2D eigenvalue weighted by atomic mass is 35.5. The van der Waals surface area contributed by atoms with E-state index in [-0.39, 0.29) is 5.97 Å². The maximum absolute atomic E-state index is 11.8. The Bertz CT molecular complexity index is 920. The summed E-state index contributed by atoms with van der Waals surface area (Å²) >= 11 is 6.03. The molecule has 130 valence electrons. The van der Waals surface area contributed by atoms with E-state index in [0.717, 1.165) is 17.5 Å². The lowest BCUT2D eigenvalue weighted by Gasteiger charge is -2.14. The zero-order valence-electron chi connectivity index (χ0n) is 14.5. The lowest BCUT2D eigenvalue weighted by Crippen LogP contribution is -2.10. The lowest BCUT2D eigenvalue weighted by molar-refractivity contribution is -0.134. The first-order valence-corrected chi connectivity index (χ1v) is 8.77. The Hall–Kier alpha value is -2.40. The SMILES string of the molecule is CCC(=O)Oc1ccc(C(C)CC)cc1-n1nc2ccc(Cl)cc2n1. The molecule has 1 aromatic heterocycles. The number of fused-ring (bicyclic) bond motifs is 1. The van der Waals surface area contributed by atoms with Gasteiger partial charge < -0.3 is 4.74 Å². The summed E-state index contributed by atoms with van der Waals surface area (Å²) in [5, 5.41) is 9.60. The zero-order valence-corrected chi connectivity index (χ0v) is 15.2. The molecule has 0 saturated heterocycles. The zero-order chi connectivity index (χ0) is 18.0. The van der Waals surface area contributed by atoms with Gasteiger partial charge in [-0.3, -0.25) is 4.79 Å². The number of hydrogen-bond donors (Lipinski definition) is 0. The lowest BCUT2D eigenvalue weighted by atomic mass is 9.98. The summed E-state index contributed by atoms with van der Waals surface area (Å²) in [7, 11) is 0. The third-order valence-corrected chi connectivity index (χ3v) is 4.47. The van der Waals surface area contributed by atoms with Gasteiger partial charge in [0.2, 0.25) is 0 Å². The van der Waals surface area contributed by atoms with Gasteiger partial charge in [-0.15, -0.1) is 15.0 Å². The summed E-state index contributed by atoms with van der Waals surface area (Å²) < 4.78 is 5.47. The Morgan fingerprint density at radius 1 is 1.16 bits per heavy atom. The second kappa shape index (κ2) is 7.23. The van der Waals surface area contributed by atoms with Crippen LogP contribution in [-0.2, 0) is 4.79 Å². The number of esters is 1. The number of rotatable bonds is 5. The van der Waals surface area contributed by atoms with E-state index in [1.165, 1.54) is 4.80 Å². The predicted octanol–water partition coefficient (Wildman–Crippen LogP) is 4.90. The molecule has 0 bridgehead atoms. The van der Waals surface area contributed by atoms with Gasteiger partial charge in [-0.1, -0.05) is 38.4 Å². The third-order valence-electron chi connectivity index (χ3n) is 4.23. The molecule has 0 fully saturated rings. The van der Waals surface area contributed by atoms with E-state index in [4.69, 9.17) is 16.3 Å². The molecule has 1 atom stereocenters. The van der Waals surface area contributed by atoms with Crippen LogP contribution in [0.2, 0.25) is 5.02 Å². The molecule has 25 heavy (non-hydrogen) atoms. The third kappa shape index (κ3) is 3.66. The van der Waals surface area contributed by atoms with E-state index in [1.807, 2.05) is 24.3 Å². The molecule has 1 heterocycles. The van der Waals surface area contributed by atoms with Crippen LogP contribution in [0.4, 0.5) is 0 Å². The fraction of sp³-hybridized carbons (Fsp3) is 0.316. The van der Waals surface area contributed by atoms with Gasteiger partial charge in [0, 0.05) is 11.4 Å². The number of carbonyl (C=O) groups excluding carboxylic acids is 1. The summed E-state index contributed by atoms with van der Waals surface area (Å²) in [5.41, 5.74) is 3.21. The van der Waals surface area contributed by atoms with Crippen molar-refractivity contribution < 1.29 is 9.53 Å². The van der Waals surface area contributed by atoms with Crippen LogP contribution >= 0.6 is 11.6 Å². The summed E-state index contributed by atoms with van der Waals surface area (Å²) in [6.07, 6.45) is 1.31. The first kappa shape index (κ1) is 17.4. The molecule has 5 nitrogen and oxygen atoms in total. The number of hydrogen-bond acceptors (Lipinski definition) is 4. The highest BCUT2D eigenvalue weighted by Crippen LogP contribution is 2.29. The van der Waals surface area contributed by atoms with Crippen molar-refractivity contribution in [3.63, 3.8) is 0 Å². The fourth-order valence-corrected chi connectivity index (χ4v) is 2.68. The summed E-state index contributed by atoms with van der Waals surface area (Å²) in [4.78, 5) is 13.3. The average molecular weight is 358 g/mol. The van der Waals surface area contributed by atoms with Crippen LogP contribution < -0.4 is 4.74 Å². The molecule has 0 aliphatic carbocycles. The predicted molar refractivity (Wildman–Crippen MR) is 98.5 cm³/mol. The standard InChI is InChI=1S/C19H20ClN3O2/c1-4-12(3)13-6-9-18(25-19(24)5-2)17(10-13)23-21-15-8-7-14(20)11-16(15)22-23/h6-12H,4-5H2,1-3H3. The van der Waals surface area contributed by atoms with E-state index >= 15 is 0 Å². The molecular weight excluding hydrogens is 338 g/mol. The Balaban J connectivity index is 2.13. The Morgan fingerprint density at radius 3 is 2.64 bits per heavy atom. The summed E-state index contributed by atoms with van der Waals surface area (Å²) in [6.45, 7) is 6.05. The topological polar surface area (TPSA) is 57.0 Å². The van der Waals surface area contributed by atoms with Crippen LogP contribution in [0.5, 0.6) is 5.75 Å². The molecule has 0 aliphatic heterocycles. The Morgan fingerprint density at radius 2 is 1.92 bits per heavy atom. The van der Waals surface area contributed by atoms with Crippen LogP contribution in [0.3, 0.4) is 0 Å². The van der Waals surface area contributed by atoms with Gasteiger partial charge in [-0.2, -0.15) is 0 Å². The minimum atomic E-state index is -0.294. The Labute approximate surface area is 151 Å². The maximum Gasteiger partial charge on any atom is 0.310 e. The first-order chi connectivity index (χ1) is 12.0. The average Bonchev–Trinajstić information content (AvgIpc) is 3.04. The van der Waals surface area contributed by atoms with Gasteiger partial charge in [0.05, 0.1) is 0 Å². The van der Waals surface area contributed by atoms with Crippen molar-refractivity contribution in [2.75, 3.05) is 0 Å². The van der Waals surface area contributed by atoms with Crippen LogP contribution in [0.15, 0.2) is 36.4 Å². The number of carbonyl (C=O) groups is 1. The monoisotopic (exact) mass is 357 g/mol.